The van der Waals surface area contributed by atoms with E-state index in [0.29, 0.717) is 17.5 Å². The van der Waals surface area contributed by atoms with E-state index in [9.17, 15) is 0 Å². The fourth-order valence-electron chi connectivity index (χ4n) is 1.99. The number of aromatic nitrogens is 1. The van der Waals surface area contributed by atoms with Crippen LogP contribution in [0.25, 0.3) is 11.5 Å². The van der Waals surface area contributed by atoms with Gasteiger partial charge in [-0.2, -0.15) is 0 Å². The first-order valence-electron chi connectivity index (χ1n) is 6.61. The summed E-state index contributed by atoms with van der Waals surface area (Å²) < 4.78 is 11.2. The summed E-state index contributed by atoms with van der Waals surface area (Å²) in [6.07, 6.45) is 1.59. The number of aryl methyl sites for hydroxylation is 1. The van der Waals surface area contributed by atoms with Crippen LogP contribution in [-0.2, 0) is 6.61 Å². The lowest BCUT2D eigenvalue weighted by Gasteiger charge is -2.04. The summed E-state index contributed by atoms with van der Waals surface area (Å²) in [6.45, 7) is 2.38. The number of ether oxygens (including phenoxy) is 1. The van der Waals surface area contributed by atoms with Crippen molar-refractivity contribution in [2.24, 2.45) is 0 Å². The quantitative estimate of drug-likeness (QED) is 0.688. The first-order chi connectivity index (χ1) is 10.2. The van der Waals surface area contributed by atoms with Crippen molar-refractivity contribution >= 4 is 11.6 Å². The molecular formula is C17H14ClNO2. The molecule has 0 aliphatic carbocycles. The molecule has 21 heavy (non-hydrogen) atoms. The average molecular weight is 300 g/mol. The lowest BCUT2D eigenvalue weighted by molar-refractivity contribution is 0.301. The van der Waals surface area contributed by atoms with E-state index in [1.807, 2.05) is 55.5 Å². The van der Waals surface area contributed by atoms with E-state index < -0.39 is 0 Å². The van der Waals surface area contributed by atoms with Gasteiger partial charge in [-0.3, -0.25) is 0 Å². The second-order valence-corrected chi connectivity index (χ2v) is 5.14. The molecule has 3 nitrogen and oxygen atoms in total. The van der Waals surface area contributed by atoms with Crippen molar-refractivity contribution in [3.63, 3.8) is 0 Å². The van der Waals surface area contributed by atoms with E-state index in [-0.39, 0.29) is 0 Å². The van der Waals surface area contributed by atoms with Crippen molar-refractivity contribution in [3.05, 3.63) is 71.1 Å². The van der Waals surface area contributed by atoms with Crippen LogP contribution < -0.4 is 4.74 Å². The van der Waals surface area contributed by atoms with E-state index in [1.54, 1.807) is 6.26 Å². The highest BCUT2D eigenvalue weighted by Gasteiger charge is 2.10. The number of benzene rings is 2. The van der Waals surface area contributed by atoms with Crippen LogP contribution in [-0.4, -0.2) is 4.98 Å². The lowest BCUT2D eigenvalue weighted by Crippen LogP contribution is -1.95. The van der Waals surface area contributed by atoms with Crippen LogP contribution in [0.15, 0.2) is 59.2 Å². The van der Waals surface area contributed by atoms with Crippen LogP contribution in [0.2, 0.25) is 5.02 Å². The second kappa shape index (κ2) is 6.02. The molecule has 3 aromatic rings. The minimum absolute atomic E-state index is 0.359. The van der Waals surface area contributed by atoms with Crippen molar-refractivity contribution in [3.8, 4) is 17.2 Å². The Morgan fingerprint density at radius 1 is 1.14 bits per heavy atom. The monoisotopic (exact) mass is 299 g/mol. The second-order valence-electron chi connectivity index (χ2n) is 4.73. The zero-order chi connectivity index (χ0) is 14.7. The summed E-state index contributed by atoms with van der Waals surface area (Å²) in [5.41, 5.74) is 2.66. The highest BCUT2D eigenvalue weighted by atomic mass is 35.5. The topological polar surface area (TPSA) is 35.3 Å². The Hall–Kier alpha value is -2.26. The van der Waals surface area contributed by atoms with Crippen LogP contribution in [0.5, 0.6) is 5.75 Å². The fourth-order valence-corrected chi connectivity index (χ4v) is 2.21. The first-order valence-corrected chi connectivity index (χ1v) is 6.99. The molecule has 0 N–H and O–H groups in total. The molecule has 3 rings (SSSR count). The Labute approximate surface area is 128 Å². The molecule has 0 radical (unpaired) electrons. The number of halogens is 1. The molecule has 0 saturated heterocycles. The molecule has 2 aromatic carbocycles. The van der Waals surface area contributed by atoms with Crippen LogP contribution in [0.4, 0.5) is 0 Å². The highest BCUT2D eigenvalue weighted by molar-refractivity contribution is 6.33. The maximum atomic E-state index is 6.13. The number of hydrogen-bond donors (Lipinski definition) is 0. The zero-order valence-electron chi connectivity index (χ0n) is 11.5. The van der Waals surface area contributed by atoms with Gasteiger partial charge in [0.25, 0.3) is 0 Å². The third-order valence-electron chi connectivity index (χ3n) is 3.03. The van der Waals surface area contributed by atoms with Crippen molar-refractivity contribution in [1.82, 2.24) is 4.98 Å². The predicted molar refractivity (Wildman–Crippen MR) is 82.5 cm³/mol. The normalized spacial score (nSPS) is 10.6. The number of rotatable bonds is 4. The van der Waals surface area contributed by atoms with Gasteiger partial charge in [0, 0.05) is 0 Å². The van der Waals surface area contributed by atoms with E-state index in [2.05, 4.69) is 4.98 Å². The van der Waals surface area contributed by atoms with Gasteiger partial charge in [-0.1, -0.05) is 35.9 Å². The summed E-state index contributed by atoms with van der Waals surface area (Å²) in [4.78, 5) is 4.40. The number of oxazole rings is 1. The van der Waals surface area contributed by atoms with Gasteiger partial charge in [0.05, 0.1) is 10.6 Å². The van der Waals surface area contributed by atoms with Crippen molar-refractivity contribution in [2.45, 2.75) is 13.5 Å². The average Bonchev–Trinajstić information content (AvgIpc) is 2.94. The molecule has 106 valence electrons. The molecule has 0 fully saturated rings. The number of nitrogens with zero attached hydrogens (tertiary/aromatic N) is 1. The number of hydrogen-bond acceptors (Lipinski definition) is 3. The molecule has 0 amide bonds. The molecule has 4 heteroatoms. The fraction of sp³-hybridized carbons (Fsp3) is 0.118. The van der Waals surface area contributed by atoms with E-state index >= 15 is 0 Å². The Morgan fingerprint density at radius 3 is 2.81 bits per heavy atom. The zero-order valence-corrected chi connectivity index (χ0v) is 12.3. The van der Waals surface area contributed by atoms with E-state index in [4.69, 9.17) is 20.8 Å². The largest absolute Gasteiger partial charge is 0.487 e. The van der Waals surface area contributed by atoms with Gasteiger partial charge < -0.3 is 9.15 Å². The van der Waals surface area contributed by atoms with Crippen molar-refractivity contribution < 1.29 is 9.15 Å². The Kier molecular flexibility index (Phi) is 3.93. The van der Waals surface area contributed by atoms with Crippen LogP contribution in [0.3, 0.4) is 0 Å². The van der Waals surface area contributed by atoms with Crippen LogP contribution in [0.1, 0.15) is 11.3 Å². The van der Waals surface area contributed by atoms with Gasteiger partial charge in [0.2, 0.25) is 5.89 Å². The molecule has 0 saturated carbocycles. The summed E-state index contributed by atoms with van der Waals surface area (Å²) in [5.74, 6) is 1.32. The molecule has 0 unspecified atom stereocenters. The van der Waals surface area contributed by atoms with Crippen molar-refractivity contribution in [1.29, 1.82) is 0 Å². The molecular weight excluding hydrogens is 286 g/mol. The van der Waals surface area contributed by atoms with Crippen molar-refractivity contribution in [2.75, 3.05) is 0 Å². The van der Waals surface area contributed by atoms with Gasteiger partial charge in [-0.25, -0.2) is 4.98 Å². The van der Waals surface area contributed by atoms with Crippen LogP contribution >= 0.6 is 11.6 Å². The molecule has 0 aliphatic rings. The van der Waals surface area contributed by atoms with E-state index in [0.717, 1.165) is 22.6 Å². The Balaban J connectivity index is 1.72. The summed E-state index contributed by atoms with van der Waals surface area (Å²) >= 11 is 6.13. The Bertz CT molecular complexity index is 752. The van der Waals surface area contributed by atoms with Gasteiger partial charge in [0.1, 0.15) is 24.3 Å². The predicted octanol–water partition coefficient (Wildman–Crippen LogP) is 4.88. The standard InChI is InChI=1S/C17H14ClNO2/c1-12-5-4-6-14(9-12)20-10-13-11-21-17(19-13)15-7-2-3-8-16(15)18/h2-9,11H,10H2,1H3. The SMILES string of the molecule is Cc1cccc(OCc2coc(-c3ccccc3Cl)n2)c1. The minimum Gasteiger partial charge on any atom is -0.487 e. The molecule has 0 spiro atoms. The lowest BCUT2D eigenvalue weighted by atomic mass is 10.2. The first kappa shape index (κ1) is 13.7. The summed E-state index contributed by atoms with van der Waals surface area (Å²) in [7, 11) is 0. The molecule has 1 aromatic heterocycles. The smallest absolute Gasteiger partial charge is 0.227 e. The van der Waals surface area contributed by atoms with Crippen LogP contribution in [0, 0.1) is 6.92 Å². The molecule has 1 heterocycles. The Morgan fingerprint density at radius 2 is 2.00 bits per heavy atom. The van der Waals surface area contributed by atoms with Gasteiger partial charge >= 0.3 is 0 Å². The van der Waals surface area contributed by atoms with Gasteiger partial charge in [0.15, 0.2) is 0 Å². The molecule has 0 atom stereocenters. The highest BCUT2D eigenvalue weighted by Crippen LogP contribution is 2.27. The third-order valence-corrected chi connectivity index (χ3v) is 3.36. The third kappa shape index (κ3) is 3.26. The van der Waals surface area contributed by atoms with E-state index in [1.165, 1.54) is 0 Å². The molecule has 0 aliphatic heterocycles. The maximum Gasteiger partial charge on any atom is 0.227 e. The van der Waals surface area contributed by atoms with Gasteiger partial charge in [-0.05, 0) is 36.8 Å². The minimum atomic E-state index is 0.359. The maximum absolute atomic E-state index is 6.13. The summed E-state index contributed by atoms with van der Waals surface area (Å²) in [6, 6.07) is 15.3. The molecule has 0 bridgehead atoms. The summed E-state index contributed by atoms with van der Waals surface area (Å²) in [5, 5.41) is 0.616. The van der Waals surface area contributed by atoms with Gasteiger partial charge in [-0.15, -0.1) is 0 Å².